The molecule has 0 saturated carbocycles. The lowest BCUT2D eigenvalue weighted by Gasteiger charge is -2.07. The standard InChI is InChI=1S/C14H12N2O5S/c17-14(18)12-7-6-11(22(19,20)21)8-13(12)16-15-9-10-4-2-1-3-5-10/h1-9,16H,(H,17,18)(H,19,20,21)/b15-9-. The first-order valence-electron chi connectivity index (χ1n) is 6.07. The van der Waals surface area contributed by atoms with Crippen molar-refractivity contribution in [3.63, 3.8) is 0 Å². The van der Waals surface area contributed by atoms with Crippen molar-refractivity contribution in [1.29, 1.82) is 0 Å². The Morgan fingerprint density at radius 3 is 2.41 bits per heavy atom. The van der Waals surface area contributed by atoms with Gasteiger partial charge in [0.05, 0.1) is 22.4 Å². The number of carboxylic acids is 1. The average molecular weight is 320 g/mol. The molecule has 0 aliphatic heterocycles. The van der Waals surface area contributed by atoms with E-state index in [2.05, 4.69) is 10.5 Å². The number of anilines is 1. The Morgan fingerprint density at radius 1 is 1.14 bits per heavy atom. The molecular weight excluding hydrogens is 308 g/mol. The minimum absolute atomic E-state index is 0.0465. The molecule has 0 spiro atoms. The average Bonchev–Trinajstić information content (AvgIpc) is 2.47. The molecule has 0 saturated heterocycles. The largest absolute Gasteiger partial charge is 0.478 e. The third kappa shape index (κ3) is 3.90. The molecule has 0 heterocycles. The quantitative estimate of drug-likeness (QED) is 0.441. The fourth-order valence-electron chi connectivity index (χ4n) is 1.68. The van der Waals surface area contributed by atoms with Gasteiger partial charge >= 0.3 is 5.97 Å². The smallest absolute Gasteiger partial charge is 0.337 e. The Balaban J connectivity index is 2.32. The van der Waals surface area contributed by atoms with Crippen LogP contribution in [0, 0.1) is 0 Å². The second-order valence-corrected chi connectivity index (χ2v) is 5.69. The number of hydrogen-bond acceptors (Lipinski definition) is 5. The predicted molar refractivity (Wildman–Crippen MR) is 80.9 cm³/mol. The van der Waals surface area contributed by atoms with E-state index >= 15 is 0 Å². The number of benzene rings is 2. The second kappa shape index (κ2) is 6.37. The van der Waals surface area contributed by atoms with Crippen molar-refractivity contribution in [3.05, 3.63) is 59.7 Å². The Bertz CT molecular complexity index is 816. The van der Waals surface area contributed by atoms with Crippen molar-refractivity contribution in [3.8, 4) is 0 Å². The maximum absolute atomic E-state index is 11.1. The second-order valence-electron chi connectivity index (χ2n) is 4.27. The van der Waals surface area contributed by atoms with Gasteiger partial charge in [-0.25, -0.2) is 4.79 Å². The van der Waals surface area contributed by atoms with Gasteiger partial charge in [0.1, 0.15) is 0 Å². The summed E-state index contributed by atoms with van der Waals surface area (Å²) in [5.74, 6) is -1.25. The Labute approximate surface area is 126 Å². The zero-order valence-corrected chi connectivity index (χ0v) is 12.0. The van der Waals surface area contributed by atoms with E-state index < -0.39 is 21.0 Å². The molecule has 0 amide bonds. The van der Waals surface area contributed by atoms with Crippen molar-refractivity contribution in [1.82, 2.24) is 0 Å². The number of carboxylic acid groups (broad SMARTS) is 1. The zero-order valence-electron chi connectivity index (χ0n) is 11.2. The molecular formula is C14H12N2O5S. The molecule has 2 rings (SSSR count). The van der Waals surface area contributed by atoms with Crippen molar-refractivity contribution >= 4 is 28.0 Å². The maximum Gasteiger partial charge on any atom is 0.337 e. The van der Waals surface area contributed by atoms with E-state index in [0.29, 0.717) is 0 Å². The van der Waals surface area contributed by atoms with Crippen LogP contribution in [-0.4, -0.2) is 30.3 Å². The van der Waals surface area contributed by atoms with Crippen LogP contribution in [-0.2, 0) is 10.1 Å². The molecule has 0 radical (unpaired) electrons. The number of hydrogen-bond donors (Lipinski definition) is 3. The third-order valence-corrected chi connectivity index (χ3v) is 3.57. The summed E-state index contributed by atoms with van der Waals surface area (Å²) < 4.78 is 31.2. The number of nitrogens with one attached hydrogen (secondary N) is 1. The lowest BCUT2D eigenvalue weighted by molar-refractivity contribution is 0.0697. The zero-order chi connectivity index (χ0) is 16.2. The van der Waals surface area contributed by atoms with Gasteiger partial charge in [0.25, 0.3) is 10.1 Å². The molecule has 0 aliphatic carbocycles. The third-order valence-electron chi connectivity index (χ3n) is 2.72. The predicted octanol–water partition coefficient (Wildman–Crippen LogP) is 2.08. The van der Waals surface area contributed by atoms with Crippen LogP contribution < -0.4 is 5.43 Å². The highest BCUT2D eigenvalue weighted by Crippen LogP contribution is 2.21. The van der Waals surface area contributed by atoms with Gasteiger partial charge in [-0.1, -0.05) is 30.3 Å². The van der Waals surface area contributed by atoms with E-state index in [4.69, 9.17) is 9.66 Å². The summed E-state index contributed by atoms with van der Waals surface area (Å²) in [6.45, 7) is 0. The van der Waals surface area contributed by atoms with Gasteiger partial charge < -0.3 is 5.11 Å². The van der Waals surface area contributed by atoms with Crippen molar-refractivity contribution < 1.29 is 22.9 Å². The SMILES string of the molecule is O=C(O)c1ccc(S(=O)(=O)O)cc1N/N=C\c1ccccc1. The van der Waals surface area contributed by atoms with Gasteiger partial charge in [-0.05, 0) is 23.8 Å². The van der Waals surface area contributed by atoms with Gasteiger partial charge in [-0.15, -0.1) is 0 Å². The maximum atomic E-state index is 11.1. The van der Waals surface area contributed by atoms with Gasteiger partial charge in [0.2, 0.25) is 0 Å². The van der Waals surface area contributed by atoms with E-state index in [-0.39, 0.29) is 11.3 Å². The number of carbonyl (C=O) groups is 1. The molecule has 0 fully saturated rings. The molecule has 0 aliphatic rings. The van der Waals surface area contributed by atoms with Gasteiger partial charge in [-0.3, -0.25) is 9.98 Å². The molecule has 2 aromatic carbocycles. The summed E-state index contributed by atoms with van der Waals surface area (Å²) >= 11 is 0. The number of rotatable bonds is 5. The Kier molecular flexibility index (Phi) is 4.54. The highest BCUT2D eigenvalue weighted by Gasteiger charge is 2.16. The molecule has 114 valence electrons. The van der Waals surface area contributed by atoms with Crippen molar-refractivity contribution in [2.24, 2.45) is 5.10 Å². The fraction of sp³-hybridized carbons (Fsp3) is 0. The van der Waals surface area contributed by atoms with Crippen LogP contribution in [0.4, 0.5) is 5.69 Å². The van der Waals surface area contributed by atoms with Gasteiger partial charge in [-0.2, -0.15) is 13.5 Å². The molecule has 0 bridgehead atoms. The highest BCUT2D eigenvalue weighted by molar-refractivity contribution is 7.85. The van der Waals surface area contributed by atoms with Gasteiger partial charge in [0, 0.05) is 0 Å². The summed E-state index contributed by atoms with van der Waals surface area (Å²) in [4.78, 5) is 10.7. The highest BCUT2D eigenvalue weighted by atomic mass is 32.2. The van der Waals surface area contributed by atoms with Crippen LogP contribution in [0.5, 0.6) is 0 Å². The summed E-state index contributed by atoms with van der Waals surface area (Å²) in [5.41, 5.74) is 3.03. The van der Waals surface area contributed by atoms with E-state index in [0.717, 1.165) is 23.8 Å². The van der Waals surface area contributed by atoms with Crippen LogP contribution in [0.15, 0.2) is 58.5 Å². The molecule has 0 unspecified atom stereocenters. The first kappa shape index (κ1) is 15.7. The van der Waals surface area contributed by atoms with Gasteiger partial charge in [0.15, 0.2) is 0 Å². The minimum Gasteiger partial charge on any atom is -0.478 e. The normalized spacial score (nSPS) is 11.5. The first-order chi connectivity index (χ1) is 10.4. The van der Waals surface area contributed by atoms with Crippen molar-refractivity contribution in [2.75, 3.05) is 5.43 Å². The first-order valence-corrected chi connectivity index (χ1v) is 7.51. The van der Waals surface area contributed by atoms with E-state index in [1.54, 1.807) is 12.1 Å². The van der Waals surface area contributed by atoms with Crippen LogP contribution in [0.25, 0.3) is 0 Å². The summed E-state index contributed by atoms with van der Waals surface area (Å²) in [6.07, 6.45) is 1.45. The number of aromatic carboxylic acids is 1. The molecule has 0 atom stereocenters. The molecule has 0 aromatic heterocycles. The minimum atomic E-state index is -4.43. The lowest BCUT2D eigenvalue weighted by atomic mass is 10.2. The van der Waals surface area contributed by atoms with Crippen LogP contribution in [0.2, 0.25) is 0 Å². The monoisotopic (exact) mass is 320 g/mol. The molecule has 2 aromatic rings. The van der Waals surface area contributed by atoms with Crippen LogP contribution in [0.3, 0.4) is 0 Å². The number of hydrazone groups is 1. The summed E-state index contributed by atoms with van der Waals surface area (Å²) in [6, 6.07) is 12.1. The van der Waals surface area contributed by atoms with E-state index in [9.17, 15) is 13.2 Å². The number of nitrogens with zero attached hydrogens (tertiary/aromatic N) is 1. The van der Waals surface area contributed by atoms with Crippen LogP contribution in [0.1, 0.15) is 15.9 Å². The molecule has 8 heteroatoms. The molecule has 22 heavy (non-hydrogen) atoms. The van der Waals surface area contributed by atoms with E-state index in [1.165, 1.54) is 6.21 Å². The fourth-order valence-corrected chi connectivity index (χ4v) is 2.19. The Hall–Kier alpha value is -2.71. The topological polar surface area (TPSA) is 116 Å². The Morgan fingerprint density at radius 2 is 1.82 bits per heavy atom. The van der Waals surface area contributed by atoms with Crippen molar-refractivity contribution in [2.45, 2.75) is 4.90 Å². The van der Waals surface area contributed by atoms with Crippen LogP contribution >= 0.6 is 0 Å². The summed E-state index contributed by atoms with van der Waals surface area (Å²) in [7, 11) is -4.43. The molecule has 7 nitrogen and oxygen atoms in total. The van der Waals surface area contributed by atoms with E-state index in [1.807, 2.05) is 18.2 Å². The molecule has 3 N–H and O–H groups in total. The lowest BCUT2D eigenvalue weighted by Crippen LogP contribution is -2.06. The summed E-state index contributed by atoms with van der Waals surface area (Å²) in [5, 5.41) is 12.9.